The monoisotopic (exact) mass is 543 g/mol. The van der Waals surface area contributed by atoms with E-state index in [0.29, 0.717) is 17.9 Å². The minimum absolute atomic E-state index is 0.0876. The van der Waals surface area contributed by atoms with Crippen LogP contribution in [0.1, 0.15) is 48.3 Å². The maximum atomic E-state index is 13.6. The molecule has 2 fully saturated rings. The van der Waals surface area contributed by atoms with E-state index >= 15 is 0 Å². The molecule has 2 atom stereocenters. The van der Waals surface area contributed by atoms with Gasteiger partial charge in [-0.2, -0.15) is 0 Å². The number of aromatic amines is 1. The third-order valence-corrected chi connectivity index (χ3v) is 8.16. The van der Waals surface area contributed by atoms with Crippen molar-refractivity contribution < 1.29 is 9.47 Å². The van der Waals surface area contributed by atoms with E-state index in [9.17, 15) is 4.79 Å². The van der Waals surface area contributed by atoms with Gasteiger partial charge in [-0.15, -0.1) is 5.10 Å². The highest BCUT2D eigenvalue weighted by Gasteiger charge is 2.33. The Balaban J connectivity index is 1.31. The molecule has 2 saturated heterocycles. The maximum Gasteiger partial charge on any atom is 0.253 e. The fourth-order valence-corrected chi connectivity index (χ4v) is 5.92. The van der Waals surface area contributed by atoms with Crippen LogP contribution in [-0.2, 0) is 24.2 Å². The van der Waals surface area contributed by atoms with Gasteiger partial charge in [0, 0.05) is 50.4 Å². The molecular formula is C30H37N7O3. The number of piperazine rings is 1. The van der Waals surface area contributed by atoms with Gasteiger partial charge in [0.05, 0.1) is 19.8 Å². The van der Waals surface area contributed by atoms with Gasteiger partial charge in [-0.05, 0) is 76.5 Å². The summed E-state index contributed by atoms with van der Waals surface area (Å²) in [6.45, 7) is 7.65. The molecule has 2 aromatic carbocycles. The van der Waals surface area contributed by atoms with Gasteiger partial charge in [-0.3, -0.25) is 14.6 Å². The van der Waals surface area contributed by atoms with E-state index in [0.717, 1.165) is 75.2 Å². The average Bonchev–Trinajstić information content (AvgIpc) is 3.67. The van der Waals surface area contributed by atoms with Crippen molar-refractivity contribution in [2.45, 2.75) is 51.4 Å². The van der Waals surface area contributed by atoms with Crippen molar-refractivity contribution in [3.63, 3.8) is 0 Å². The van der Waals surface area contributed by atoms with Gasteiger partial charge in [0.15, 0.2) is 5.82 Å². The third kappa shape index (κ3) is 5.65. The minimum Gasteiger partial charge on any atom is -0.497 e. The highest BCUT2D eigenvalue weighted by Crippen LogP contribution is 2.29. The summed E-state index contributed by atoms with van der Waals surface area (Å²) >= 11 is 0. The standard InChI is InChI=1S/C30H37N7O3/c1-3-21-9-10-27-23(16-21)18-26(30(38)31-27)28(29-32-33-34-37(29)20-25-8-5-15-40-25)36-13-11-35(12-14-36)19-22-6-4-7-24(17-22)39-2/h4,6-7,9-10,16-18,25,28H,3,5,8,11-15,19-20H2,1-2H3,(H,31,38)/t25-,28-/m0/s1. The molecule has 0 amide bonds. The molecule has 1 N–H and O–H groups in total. The highest BCUT2D eigenvalue weighted by atomic mass is 16.5. The first-order chi connectivity index (χ1) is 19.6. The van der Waals surface area contributed by atoms with E-state index in [4.69, 9.17) is 9.47 Å². The molecule has 0 aliphatic carbocycles. The van der Waals surface area contributed by atoms with E-state index in [1.165, 1.54) is 11.1 Å². The number of hydrogen-bond donors (Lipinski definition) is 1. The molecule has 40 heavy (non-hydrogen) atoms. The maximum absolute atomic E-state index is 13.6. The van der Waals surface area contributed by atoms with Crippen molar-refractivity contribution in [1.82, 2.24) is 35.0 Å². The van der Waals surface area contributed by atoms with E-state index in [1.807, 2.05) is 28.9 Å². The van der Waals surface area contributed by atoms with Crippen LogP contribution in [0.4, 0.5) is 0 Å². The summed E-state index contributed by atoms with van der Waals surface area (Å²) in [4.78, 5) is 21.5. The van der Waals surface area contributed by atoms with Crippen LogP contribution >= 0.6 is 0 Å². The Morgan fingerprint density at radius 2 is 1.98 bits per heavy atom. The lowest BCUT2D eigenvalue weighted by molar-refractivity contribution is 0.0840. The number of benzene rings is 2. The first-order valence-corrected chi connectivity index (χ1v) is 14.2. The lowest BCUT2D eigenvalue weighted by Gasteiger charge is -2.38. The number of tetrazole rings is 1. The number of ether oxygens (including phenoxy) is 2. The predicted molar refractivity (Wildman–Crippen MR) is 152 cm³/mol. The summed E-state index contributed by atoms with van der Waals surface area (Å²) in [5, 5.41) is 13.9. The number of fused-ring (bicyclic) bond motifs is 1. The van der Waals surface area contributed by atoms with Gasteiger partial charge in [-0.1, -0.05) is 25.1 Å². The van der Waals surface area contributed by atoms with Crippen LogP contribution in [0.2, 0.25) is 0 Å². The molecule has 2 aliphatic rings. The lowest BCUT2D eigenvalue weighted by Crippen LogP contribution is -2.48. The fraction of sp³-hybridized carbons (Fsp3) is 0.467. The van der Waals surface area contributed by atoms with Crippen molar-refractivity contribution in [2.24, 2.45) is 0 Å². The summed E-state index contributed by atoms with van der Waals surface area (Å²) in [5.74, 6) is 1.56. The molecular weight excluding hydrogens is 506 g/mol. The Kier molecular flexibility index (Phi) is 7.90. The van der Waals surface area contributed by atoms with Crippen LogP contribution in [0.5, 0.6) is 5.75 Å². The number of nitrogens with zero attached hydrogens (tertiary/aromatic N) is 6. The van der Waals surface area contributed by atoms with Crippen LogP contribution in [0.15, 0.2) is 53.3 Å². The minimum atomic E-state index is -0.367. The molecule has 210 valence electrons. The number of aryl methyl sites for hydroxylation is 1. The number of nitrogens with one attached hydrogen (secondary N) is 1. The summed E-state index contributed by atoms with van der Waals surface area (Å²) in [6, 6.07) is 16.1. The molecule has 2 aromatic heterocycles. The topological polar surface area (TPSA) is 101 Å². The molecule has 0 saturated carbocycles. The molecule has 10 heteroatoms. The molecule has 6 rings (SSSR count). The van der Waals surface area contributed by atoms with Gasteiger partial charge in [0.2, 0.25) is 0 Å². The van der Waals surface area contributed by atoms with E-state index in [1.54, 1.807) is 7.11 Å². The van der Waals surface area contributed by atoms with Crippen LogP contribution in [0.25, 0.3) is 10.9 Å². The third-order valence-electron chi connectivity index (χ3n) is 8.16. The summed E-state index contributed by atoms with van der Waals surface area (Å²) in [5.41, 5.74) is 3.86. The largest absolute Gasteiger partial charge is 0.497 e. The van der Waals surface area contributed by atoms with E-state index < -0.39 is 0 Å². The van der Waals surface area contributed by atoms with Crippen molar-refractivity contribution in [3.05, 3.63) is 81.4 Å². The van der Waals surface area contributed by atoms with Gasteiger partial charge < -0.3 is 14.5 Å². The zero-order valence-corrected chi connectivity index (χ0v) is 23.3. The quantitative estimate of drug-likeness (QED) is 0.344. The Morgan fingerprint density at radius 1 is 1.10 bits per heavy atom. The SMILES string of the molecule is CCc1ccc2[nH]c(=O)c([C@@H](c3nnnn3C[C@@H]3CCCO3)N3CCN(Cc4cccc(OC)c4)CC3)cc2c1. The second kappa shape index (κ2) is 11.9. The average molecular weight is 544 g/mol. The van der Waals surface area contributed by atoms with Gasteiger partial charge >= 0.3 is 0 Å². The van der Waals surface area contributed by atoms with Gasteiger partial charge in [0.1, 0.15) is 11.8 Å². The number of hydrogen-bond acceptors (Lipinski definition) is 8. The molecule has 0 radical (unpaired) electrons. The molecule has 2 aliphatic heterocycles. The summed E-state index contributed by atoms with van der Waals surface area (Å²) in [6.07, 6.45) is 3.06. The first kappa shape index (κ1) is 26.6. The highest BCUT2D eigenvalue weighted by molar-refractivity contribution is 5.80. The lowest BCUT2D eigenvalue weighted by atomic mass is 10.0. The molecule has 10 nitrogen and oxygen atoms in total. The molecule has 0 spiro atoms. The Hall–Kier alpha value is -3.60. The smallest absolute Gasteiger partial charge is 0.253 e. The summed E-state index contributed by atoms with van der Waals surface area (Å²) < 4.78 is 13.1. The second-order valence-electron chi connectivity index (χ2n) is 10.7. The van der Waals surface area contributed by atoms with E-state index in [-0.39, 0.29) is 17.7 Å². The number of pyridine rings is 1. The zero-order chi connectivity index (χ0) is 27.5. The van der Waals surface area contributed by atoms with Crippen molar-refractivity contribution in [1.29, 1.82) is 0 Å². The Bertz CT molecular complexity index is 1500. The fourth-order valence-electron chi connectivity index (χ4n) is 5.92. The number of H-pyrrole nitrogens is 1. The summed E-state index contributed by atoms with van der Waals surface area (Å²) in [7, 11) is 1.70. The van der Waals surface area contributed by atoms with Crippen LogP contribution in [0.3, 0.4) is 0 Å². The Labute approximate surface area is 233 Å². The van der Waals surface area contributed by atoms with Gasteiger partial charge in [-0.25, -0.2) is 4.68 Å². The molecule has 0 unspecified atom stereocenters. The van der Waals surface area contributed by atoms with Crippen LogP contribution in [0, 0.1) is 0 Å². The Morgan fingerprint density at radius 3 is 2.75 bits per heavy atom. The predicted octanol–water partition coefficient (Wildman–Crippen LogP) is 3.17. The van der Waals surface area contributed by atoms with Crippen LogP contribution < -0.4 is 10.3 Å². The van der Waals surface area contributed by atoms with Crippen molar-refractivity contribution in [3.8, 4) is 5.75 Å². The number of methoxy groups -OCH3 is 1. The molecule has 4 aromatic rings. The van der Waals surface area contributed by atoms with Crippen molar-refractivity contribution >= 4 is 10.9 Å². The van der Waals surface area contributed by atoms with Gasteiger partial charge in [0.25, 0.3) is 5.56 Å². The first-order valence-electron chi connectivity index (χ1n) is 14.2. The zero-order valence-electron chi connectivity index (χ0n) is 23.3. The molecule has 0 bridgehead atoms. The second-order valence-corrected chi connectivity index (χ2v) is 10.7. The number of rotatable bonds is 9. The normalized spacial score (nSPS) is 19.3. The van der Waals surface area contributed by atoms with E-state index in [2.05, 4.69) is 61.5 Å². The van der Waals surface area contributed by atoms with Crippen molar-refractivity contribution in [2.75, 3.05) is 39.9 Å². The molecule has 4 heterocycles. The van der Waals surface area contributed by atoms with Crippen LogP contribution in [-0.4, -0.2) is 81.0 Å². The number of aromatic nitrogens is 5.